The Morgan fingerprint density at radius 3 is 2.12 bits per heavy atom. The summed E-state index contributed by atoms with van der Waals surface area (Å²) in [6, 6.07) is 5.64. The van der Waals surface area contributed by atoms with Gasteiger partial charge in [0.05, 0.1) is 0 Å². The van der Waals surface area contributed by atoms with E-state index in [2.05, 4.69) is 14.9 Å². The largest absolute Gasteiger partial charge is 0.314 e. The summed E-state index contributed by atoms with van der Waals surface area (Å²) < 4.78 is 53.3. The normalized spacial score (nSPS) is 16.0. The van der Waals surface area contributed by atoms with Crippen LogP contribution in [0, 0.1) is 0 Å². The van der Waals surface area contributed by atoms with Gasteiger partial charge in [0.25, 0.3) is 0 Å². The first-order chi connectivity index (χ1) is 11.2. The van der Waals surface area contributed by atoms with E-state index in [4.69, 9.17) is 0 Å². The predicted octanol–water partition coefficient (Wildman–Crippen LogP) is -0.0360. The number of benzene rings is 1. The average molecular weight is 449 g/mol. The molecule has 8 nitrogen and oxygen atoms in total. The number of sulfonamides is 2. The monoisotopic (exact) mass is 448 g/mol. The second-order valence-electron chi connectivity index (χ2n) is 5.72. The first kappa shape index (κ1) is 25.5. The fourth-order valence-corrected chi connectivity index (χ4v) is 5.15. The lowest BCUT2D eigenvalue weighted by Crippen LogP contribution is -2.46. The molecule has 0 bridgehead atoms. The Labute approximate surface area is 168 Å². The van der Waals surface area contributed by atoms with Gasteiger partial charge in [-0.15, -0.1) is 24.8 Å². The number of nitrogens with one attached hydrogen (secondary N) is 2. The molecule has 0 aromatic heterocycles. The van der Waals surface area contributed by atoms with Gasteiger partial charge < -0.3 is 5.32 Å². The minimum absolute atomic E-state index is 0. The summed E-state index contributed by atoms with van der Waals surface area (Å²) in [5, 5.41) is 3.23. The standard InChI is InChI=1S/C14H24N4O4S2.2ClH/c1-17(2)24(21,22)14-6-4-3-5-13(14)23(19,20)16-9-12-18-10-7-15-8-11-18;;/h3-6,15-16H,7-12H2,1-2H3;2*1H. The van der Waals surface area contributed by atoms with Crippen LogP contribution in [0.3, 0.4) is 0 Å². The summed E-state index contributed by atoms with van der Waals surface area (Å²) in [5.74, 6) is 0. The molecule has 1 aromatic carbocycles. The Morgan fingerprint density at radius 1 is 1.04 bits per heavy atom. The number of hydrogen-bond acceptors (Lipinski definition) is 6. The van der Waals surface area contributed by atoms with Crippen LogP contribution in [0.2, 0.25) is 0 Å². The van der Waals surface area contributed by atoms with Gasteiger partial charge in [-0.05, 0) is 12.1 Å². The fraction of sp³-hybridized carbons (Fsp3) is 0.571. The van der Waals surface area contributed by atoms with E-state index in [0.29, 0.717) is 6.54 Å². The molecular weight excluding hydrogens is 423 g/mol. The smallest absolute Gasteiger partial charge is 0.243 e. The van der Waals surface area contributed by atoms with E-state index in [1.54, 1.807) is 0 Å². The molecule has 1 saturated heterocycles. The SMILES string of the molecule is CN(C)S(=O)(=O)c1ccccc1S(=O)(=O)NCCN1CCNCC1.Cl.Cl. The summed E-state index contributed by atoms with van der Waals surface area (Å²) >= 11 is 0. The molecule has 1 aliphatic rings. The number of nitrogens with zero attached hydrogens (tertiary/aromatic N) is 2. The molecule has 1 fully saturated rings. The average Bonchev–Trinajstić information content (AvgIpc) is 2.55. The topological polar surface area (TPSA) is 98.8 Å². The highest BCUT2D eigenvalue weighted by molar-refractivity contribution is 7.92. The Morgan fingerprint density at radius 2 is 1.58 bits per heavy atom. The Kier molecular flexibility index (Phi) is 10.6. The lowest BCUT2D eigenvalue weighted by molar-refractivity contribution is 0.245. The lowest BCUT2D eigenvalue weighted by Gasteiger charge is -2.27. The first-order valence-corrected chi connectivity index (χ1v) is 10.6. The van der Waals surface area contributed by atoms with Crippen LogP contribution in [0.1, 0.15) is 0 Å². The van der Waals surface area contributed by atoms with Crippen LogP contribution in [-0.4, -0.2) is 79.4 Å². The molecule has 0 amide bonds. The third-order valence-electron chi connectivity index (χ3n) is 3.83. The minimum Gasteiger partial charge on any atom is -0.314 e. The second kappa shape index (κ2) is 10.8. The molecule has 0 unspecified atom stereocenters. The molecule has 0 saturated carbocycles. The summed E-state index contributed by atoms with van der Waals surface area (Å²) in [4.78, 5) is 1.71. The lowest BCUT2D eigenvalue weighted by atomic mass is 10.3. The van der Waals surface area contributed by atoms with Gasteiger partial charge in [-0.2, -0.15) is 0 Å². The first-order valence-electron chi connectivity index (χ1n) is 7.69. The molecule has 0 radical (unpaired) electrons. The Hall–Kier alpha value is -0.460. The molecule has 1 aromatic rings. The van der Waals surface area contributed by atoms with Crippen LogP contribution in [0.15, 0.2) is 34.1 Å². The zero-order valence-electron chi connectivity index (χ0n) is 14.7. The Balaban J connectivity index is 0.00000312. The van der Waals surface area contributed by atoms with Crippen molar-refractivity contribution in [3.05, 3.63) is 24.3 Å². The van der Waals surface area contributed by atoms with Gasteiger partial charge in [-0.1, -0.05) is 12.1 Å². The highest BCUT2D eigenvalue weighted by atomic mass is 35.5. The zero-order chi connectivity index (χ0) is 17.8. The summed E-state index contributed by atoms with van der Waals surface area (Å²) in [7, 11) is -5.00. The van der Waals surface area contributed by atoms with Crippen molar-refractivity contribution in [1.82, 2.24) is 19.2 Å². The highest BCUT2D eigenvalue weighted by Crippen LogP contribution is 2.22. The van der Waals surface area contributed by atoms with E-state index < -0.39 is 20.0 Å². The van der Waals surface area contributed by atoms with E-state index in [1.165, 1.54) is 38.4 Å². The maximum absolute atomic E-state index is 12.5. The molecule has 1 heterocycles. The quantitative estimate of drug-likeness (QED) is 0.607. The van der Waals surface area contributed by atoms with Crippen LogP contribution >= 0.6 is 24.8 Å². The van der Waals surface area contributed by atoms with Gasteiger partial charge >= 0.3 is 0 Å². The van der Waals surface area contributed by atoms with Crippen molar-refractivity contribution in [1.29, 1.82) is 0 Å². The van der Waals surface area contributed by atoms with Crippen LogP contribution in [0.25, 0.3) is 0 Å². The van der Waals surface area contributed by atoms with Gasteiger partial charge in [0.2, 0.25) is 20.0 Å². The molecule has 2 rings (SSSR count). The summed E-state index contributed by atoms with van der Waals surface area (Å²) in [6.07, 6.45) is 0. The van der Waals surface area contributed by atoms with Crippen LogP contribution in [0.4, 0.5) is 0 Å². The van der Waals surface area contributed by atoms with Crippen LogP contribution in [0.5, 0.6) is 0 Å². The molecule has 0 atom stereocenters. The van der Waals surface area contributed by atoms with Gasteiger partial charge in [0.1, 0.15) is 9.79 Å². The van der Waals surface area contributed by atoms with Gasteiger partial charge in [-0.3, -0.25) is 4.90 Å². The predicted molar refractivity (Wildman–Crippen MR) is 106 cm³/mol. The van der Waals surface area contributed by atoms with E-state index in [9.17, 15) is 16.8 Å². The van der Waals surface area contributed by atoms with Gasteiger partial charge in [0.15, 0.2) is 0 Å². The van der Waals surface area contributed by atoms with Gasteiger partial charge in [0, 0.05) is 53.4 Å². The van der Waals surface area contributed by atoms with Crippen LogP contribution in [-0.2, 0) is 20.0 Å². The van der Waals surface area contributed by atoms with E-state index in [-0.39, 0.29) is 41.1 Å². The van der Waals surface area contributed by atoms with Crippen molar-refractivity contribution < 1.29 is 16.8 Å². The Bertz CT molecular complexity index is 767. The number of hydrogen-bond donors (Lipinski definition) is 2. The van der Waals surface area contributed by atoms with Crippen molar-refractivity contribution in [2.75, 3.05) is 53.4 Å². The maximum atomic E-state index is 12.5. The molecule has 0 aliphatic carbocycles. The van der Waals surface area contributed by atoms with Crippen molar-refractivity contribution in [2.24, 2.45) is 0 Å². The molecule has 12 heteroatoms. The third kappa shape index (κ3) is 6.31. The summed E-state index contributed by atoms with van der Waals surface area (Å²) in [6.45, 7) is 4.33. The second-order valence-corrected chi connectivity index (χ2v) is 9.58. The van der Waals surface area contributed by atoms with Gasteiger partial charge in [-0.25, -0.2) is 25.9 Å². The minimum atomic E-state index is -3.91. The summed E-state index contributed by atoms with van der Waals surface area (Å²) in [5.41, 5.74) is 0. The highest BCUT2D eigenvalue weighted by Gasteiger charge is 2.27. The third-order valence-corrected chi connectivity index (χ3v) is 7.35. The van der Waals surface area contributed by atoms with E-state index >= 15 is 0 Å². The molecule has 26 heavy (non-hydrogen) atoms. The van der Waals surface area contributed by atoms with E-state index in [1.807, 2.05) is 0 Å². The molecule has 2 N–H and O–H groups in total. The van der Waals surface area contributed by atoms with Crippen LogP contribution < -0.4 is 10.0 Å². The number of piperazine rings is 1. The molecule has 1 aliphatic heterocycles. The van der Waals surface area contributed by atoms with Crippen molar-refractivity contribution in [3.8, 4) is 0 Å². The maximum Gasteiger partial charge on any atom is 0.243 e. The number of halogens is 2. The fourth-order valence-electron chi connectivity index (χ4n) is 2.43. The van der Waals surface area contributed by atoms with Crippen molar-refractivity contribution in [3.63, 3.8) is 0 Å². The molecule has 152 valence electrons. The molecule has 0 spiro atoms. The van der Waals surface area contributed by atoms with Crippen molar-refractivity contribution >= 4 is 44.9 Å². The van der Waals surface area contributed by atoms with E-state index in [0.717, 1.165) is 30.5 Å². The van der Waals surface area contributed by atoms with Crippen molar-refractivity contribution in [2.45, 2.75) is 9.79 Å². The molecular formula is C14H26Cl2N4O4S2. The zero-order valence-corrected chi connectivity index (χ0v) is 18.0. The number of rotatable bonds is 7.